The van der Waals surface area contributed by atoms with E-state index in [1.807, 2.05) is 68.6 Å². The molecule has 2 heteroatoms. The highest BCUT2D eigenvalue weighted by atomic mass is 14.8. The van der Waals surface area contributed by atoms with Gasteiger partial charge in [-0.3, -0.25) is 9.98 Å². The Labute approximate surface area is 302 Å². The molecule has 0 bridgehead atoms. The Hall–Kier alpha value is -6.38. The normalized spacial score (nSPS) is 12.5. The molecule has 0 amide bonds. The van der Waals surface area contributed by atoms with E-state index in [0.717, 1.165) is 89.1 Å². The standard InChI is InChI=1S/C49H42N2/c1-7-9-23-47(34(3)4)49(51-36(6)38-18-11-10-12-19-38)40-26-24-39(25-27-40)45-29-44(35(5)28-41-20-14-13-17-37(41)8-2)30-46(31-45)48-32-42-21-15-16-22-43(42)33-50-48/h7-33H,1-3H2,4-6H3/b23-9-,35-28+,49-47-,51-36?. The number of pyridine rings is 1. The third kappa shape index (κ3) is 8.09. The minimum Gasteiger partial charge on any atom is -0.256 e. The van der Waals surface area contributed by atoms with Crippen LogP contribution in [0.15, 0.2) is 188 Å². The predicted octanol–water partition coefficient (Wildman–Crippen LogP) is 13.3. The van der Waals surface area contributed by atoms with Crippen molar-refractivity contribution < 1.29 is 0 Å². The van der Waals surface area contributed by atoms with Gasteiger partial charge in [-0.25, -0.2) is 0 Å². The Morgan fingerprint density at radius 2 is 1.29 bits per heavy atom. The van der Waals surface area contributed by atoms with Crippen molar-refractivity contribution in [1.29, 1.82) is 0 Å². The summed E-state index contributed by atoms with van der Waals surface area (Å²) in [6, 6.07) is 44.5. The Morgan fingerprint density at radius 1 is 0.627 bits per heavy atom. The molecular formula is C49H42N2. The maximum absolute atomic E-state index is 5.19. The first-order chi connectivity index (χ1) is 24.8. The fraction of sp³-hybridized carbons (Fsp3) is 0.0612. The third-order valence-electron chi connectivity index (χ3n) is 8.98. The lowest BCUT2D eigenvalue weighted by atomic mass is 9.92. The summed E-state index contributed by atoms with van der Waals surface area (Å²) in [6.07, 6.45) is 11.8. The molecular weight excluding hydrogens is 617 g/mol. The van der Waals surface area contributed by atoms with Crippen molar-refractivity contribution in [2.75, 3.05) is 0 Å². The zero-order valence-electron chi connectivity index (χ0n) is 29.6. The highest BCUT2D eigenvalue weighted by Crippen LogP contribution is 2.34. The molecule has 6 rings (SSSR count). The number of hydrogen-bond acceptors (Lipinski definition) is 2. The number of aliphatic imine (C=N–C) groups is 1. The Kier molecular flexibility index (Phi) is 10.7. The largest absolute Gasteiger partial charge is 0.256 e. The monoisotopic (exact) mass is 658 g/mol. The molecule has 1 aromatic heterocycles. The molecule has 5 aromatic carbocycles. The van der Waals surface area contributed by atoms with E-state index in [9.17, 15) is 0 Å². The topological polar surface area (TPSA) is 25.2 Å². The highest BCUT2D eigenvalue weighted by molar-refractivity contribution is 6.02. The SMILES string of the molecule is C=C/C=C\C(C(=C)C)=C(\N=C(C)c1ccccc1)c1ccc(-c2cc(/C(C)=C/c3ccccc3C=C)cc(-c3cc4ccccc4cn3)c2)cc1. The van der Waals surface area contributed by atoms with Gasteiger partial charge in [0.2, 0.25) is 0 Å². The predicted molar refractivity (Wildman–Crippen MR) is 222 cm³/mol. The Morgan fingerprint density at radius 3 is 2.00 bits per heavy atom. The van der Waals surface area contributed by atoms with Gasteiger partial charge in [0.25, 0.3) is 0 Å². The van der Waals surface area contributed by atoms with Gasteiger partial charge in [-0.1, -0.05) is 153 Å². The van der Waals surface area contributed by atoms with Crippen LogP contribution < -0.4 is 0 Å². The fourth-order valence-electron chi connectivity index (χ4n) is 6.16. The molecule has 0 radical (unpaired) electrons. The van der Waals surface area contributed by atoms with Gasteiger partial charge in [0.15, 0.2) is 0 Å². The van der Waals surface area contributed by atoms with Crippen molar-refractivity contribution >= 4 is 39.9 Å². The molecule has 2 nitrogen and oxygen atoms in total. The van der Waals surface area contributed by atoms with E-state index in [1.54, 1.807) is 6.08 Å². The lowest BCUT2D eigenvalue weighted by Crippen LogP contribution is -1.98. The molecule has 0 aliphatic carbocycles. The maximum Gasteiger partial charge on any atom is 0.0780 e. The molecule has 0 atom stereocenters. The van der Waals surface area contributed by atoms with Crippen LogP contribution in [-0.2, 0) is 0 Å². The average molecular weight is 659 g/mol. The molecule has 0 unspecified atom stereocenters. The van der Waals surface area contributed by atoms with Crippen LogP contribution in [0.2, 0.25) is 0 Å². The number of nitrogens with zero attached hydrogens (tertiary/aromatic N) is 2. The highest BCUT2D eigenvalue weighted by Gasteiger charge is 2.13. The van der Waals surface area contributed by atoms with E-state index in [0.29, 0.717) is 0 Å². The lowest BCUT2D eigenvalue weighted by molar-refractivity contribution is 1.35. The van der Waals surface area contributed by atoms with Gasteiger partial charge >= 0.3 is 0 Å². The summed E-state index contributed by atoms with van der Waals surface area (Å²) in [4.78, 5) is 10.1. The quantitative estimate of drug-likeness (QED) is 0.0772. The van der Waals surface area contributed by atoms with Crippen molar-refractivity contribution in [1.82, 2.24) is 4.98 Å². The van der Waals surface area contributed by atoms with Crippen LogP contribution in [0.5, 0.6) is 0 Å². The van der Waals surface area contributed by atoms with E-state index in [1.165, 1.54) is 0 Å². The molecule has 0 fully saturated rings. The van der Waals surface area contributed by atoms with Crippen molar-refractivity contribution in [3.8, 4) is 22.4 Å². The van der Waals surface area contributed by atoms with Crippen molar-refractivity contribution in [2.45, 2.75) is 20.8 Å². The summed E-state index contributed by atoms with van der Waals surface area (Å²) in [5, 5.41) is 2.28. The molecule has 0 spiro atoms. The van der Waals surface area contributed by atoms with Gasteiger partial charge in [-0.2, -0.15) is 0 Å². The van der Waals surface area contributed by atoms with Gasteiger partial charge in [-0.05, 0) is 94.9 Å². The molecule has 51 heavy (non-hydrogen) atoms. The number of hydrogen-bond donors (Lipinski definition) is 0. The van der Waals surface area contributed by atoms with Crippen LogP contribution in [0.25, 0.3) is 56.6 Å². The molecule has 1 heterocycles. The van der Waals surface area contributed by atoms with Crippen molar-refractivity contribution in [2.24, 2.45) is 4.99 Å². The van der Waals surface area contributed by atoms with Crippen LogP contribution in [-0.4, -0.2) is 10.7 Å². The molecule has 6 aromatic rings. The zero-order valence-corrected chi connectivity index (χ0v) is 29.6. The zero-order chi connectivity index (χ0) is 35.7. The van der Waals surface area contributed by atoms with Gasteiger partial charge < -0.3 is 0 Å². The molecule has 0 saturated carbocycles. The summed E-state index contributed by atoms with van der Waals surface area (Å²) in [6.45, 7) is 18.4. The average Bonchev–Trinajstić information content (AvgIpc) is 3.17. The summed E-state index contributed by atoms with van der Waals surface area (Å²) in [7, 11) is 0. The molecule has 248 valence electrons. The van der Waals surface area contributed by atoms with Gasteiger partial charge in [0.1, 0.15) is 0 Å². The van der Waals surface area contributed by atoms with E-state index in [-0.39, 0.29) is 0 Å². The van der Waals surface area contributed by atoms with E-state index >= 15 is 0 Å². The summed E-state index contributed by atoms with van der Waals surface area (Å²) < 4.78 is 0. The second-order valence-corrected chi connectivity index (χ2v) is 12.7. The minimum atomic E-state index is 0.864. The van der Waals surface area contributed by atoms with Crippen LogP contribution in [0, 0.1) is 0 Å². The van der Waals surface area contributed by atoms with Gasteiger partial charge in [0.05, 0.1) is 11.4 Å². The van der Waals surface area contributed by atoms with E-state index in [4.69, 9.17) is 9.98 Å². The fourth-order valence-corrected chi connectivity index (χ4v) is 6.16. The summed E-state index contributed by atoms with van der Waals surface area (Å²) in [5.74, 6) is 0. The Balaban J connectivity index is 1.49. The number of benzene rings is 5. The third-order valence-corrected chi connectivity index (χ3v) is 8.98. The Bertz CT molecular complexity index is 2360. The molecule has 0 N–H and O–H groups in total. The van der Waals surface area contributed by atoms with Crippen LogP contribution in [0.4, 0.5) is 0 Å². The summed E-state index contributed by atoms with van der Waals surface area (Å²) >= 11 is 0. The van der Waals surface area contributed by atoms with E-state index < -0.39 is 0 Å². The van der Waals surface area contributed by atoms with Crippen LogP contribution in [0.3, 0.4) is 0 Å². The smallest absolute Gasteiger partial charge is 0.0780 e. The second-order valence-electron chi connectivity index (χ2n) is 12.7. The molecule has 0 aliphatic heterocycles. The first-order valence-electron chi connectivity index (χ1n) is 17.2. The second kappa shape index (κ2) is 15.9. The number of rotatable bonds is 11. The van der Waals surface area contributed by atoms with Crippen molar-refractivity contribution in [3.05, 3.63) is 211 Å². The van der Waals surface area contributed by atoms with Crippen molar-refractivity contribution in [3.63, 3.8) is 0 Å². The maximum atomic E-state index is 5.19. The van der Waals surface area contributed by atoms with Crippen LogP contribution in [0.1, 0.15) is 48.6 Å². The number of fused-ring (bicyclic) bond motifs is 1. The lowest BCUT2D eigenvalue weighted by Gasteiger charge is -2.14. The molecule has 0 aliphatic rings. The first-order valence-corrected chi connectivity index (χ1v) is 17.2. The van der Waals surface area contributed by atoms with Gasteiger partial charge in [-0.15, -0.1) is 0 Å². The summed E-state index contributed by atoms with van der Waals surface area (Å²) in [5.41, 5.74) is 14.5. The van der Waals surface area contributed by atoms with E-state index in [2.05, 4.69) is 130 Å². The van der Waals surface area contributed by atoms with Crippen LogP contribution >= 0.6 is 0 Å². The van der Waals surface area contributed by atoms with Gasteiger partial charge in [0, 0.05) is 34.0 Å². The number of aromatic nitrogens is 1. The minimum absolute atomic E-state index is 0.864. The molecule has 0 saturated heterocycles. The first kappa shape index (κ1) is 34.5. The number of allylic oxidation sites excluding steroid dienone is 6.